The van der Waals surface area contributed by atoms with Crippen LogP contribution in [0.1, 0.15) is 12.5 Å². The van der Waals surface area contributed by atoms with Gasteiger partial charge in [0, 0.05) is 6.42 Å². The van der Waals surface area contributed by atoms with Crippen LogP contribution in [0, 0.1) is 11.3 Å². The molecule has 90 valence electrons. The van der Waals surface area contributed by atoms with Gasteiger partial charge in [-0.1, -0.05) is 35.5 Å². The molecule has 5 nitrogen and oxygen atoms in total. The van der Waals surface area contributed by atoms with Gasteiger partial charge < -0.3 is 0 Å². The van der Waals surface area contributed by atoms with E-state index in [1.165, 1.54) is 6.92 Å². The van der Waals surface area contributed by atoms with Crippen LogP contribution in [0.25, 0.3) is 0 Å². The zero-order valence-electron chi connectivity index (χ0n) is 9.33. The van der Waals surface area contributed by atoms with Crippen molar-refractivity contribution in [1.82, 2.24) is 0 Å². The average Bonchev–Trinajstić information content (AvgIpc) is 2.35. The van der Waals surface area contributed by atoms with Gasteiger partial charge in [0.05, 0.1) is 5.75 Å². The van der Waals surface area contributed by atoms with Crippen LogP contribution in [-0.4, -0.2) is 19.9 Å². The fourth-order valence-corrected chi connectivity index (χ4v) is 1.34. The monoisotopic (exact) mass is 252 g/mol. The van der Waals surface area contributed by atoms with Crippen LogP contribution in [0.2, 0.25) is 0 Å². The Kier molecular flexibility index (Phi) is 4.67. The predicted octanol–water partition coefficient (Wildman–Crippen LogP) is 1.47. The van der Waals surface area contributed by atoms with E-state index in [2.05, 4.69) is 9.44 Å². The van der Waals surface area contributed by atoms with Crippen LogP contribution in [0.3, 0.4) is 0 Å². The molecule has 0 fully saturated rings. The van der Waals surface area contributed by atoms with Gasteiger partial charge in [-0.15, -0.1) is 0 Å². The highest BCUT2D eigenvalue weighted by Gasteiger charge is 2.08. The molecule has 0 saturated carbocycles. The fraction of sp³-hybridized carbons (Fsp3) is 0.273. The van der Waals surface area contributed by atoms with Crippen molar-refractivity contribution in [2.45, 2.75) is 13.3 Å². The third-order valence-corrected chi connectivity index (χ3v) is 2.97. The summed E-state index contributed by atoms with van der Waals surface area (Å²) in [4.78, 5) is 0. The lowest BCUT2D eigenvalue weighted by molar-refractivity contribution is 0.339. The maximum atomic E-state index is 11.0. The topological polar surface area (TPSA) is 79.5 Å². The number of nitrogens with zero attached hydrogens (tertiary/aromatic N) is 2. The number of hydrogen-bond acceptors (Lipinski definition) is 5. The highest BCUT2D eigenvalue weighted by atomic mass is 32.2. The Bertz CT molecular complexity index is 530. The van der Waals surface area contributed by atoms with Gasteiger partial charge in [0.25, 0.3) is 0 Å². The van der Waals surface area contributed by atoms with E-state index >= 15 is 0 Å². The van der Waals surface area contributed by atoms with E-state index in [-0.39, 0.29) is 17.9 Å². The molecular formula is C11H12N2O3S. The molecule has 0 heterocycles. The van der Waals surface area contributed by atoms with E-state index < -0.39 is 10.1 Å². The fourth-order valence-electron chi connectivity index (χ4n) is 1.04. The Balaban J connectivity index is 2.74. The van der Waals surface area contributed by atoms with Crippen LogP contribution < -0.4 is 0 Å². The van der Waals surface area contributed by atoms with Gasteiger partial charge in [0.15, 0.2) is 5.71 Å². The highest BCUT2D eigenvalue weighted by Crippen LogP contribution is 2.02. The van der Waals surface area contributed by atoms with Crippen molar-refractivity contribution in [3.63, 3.8) is 0 Å². The molecule has 1 aromatic rings. The minimum atomic E-state index is -3.66. The van der Waals surface area contributed by atoms with E-state index in [4.69, 9.17) is 5.26 Å². The number of rotatable bonds is 5. The molecule has 0 aliphatic heterocycles. The minimum Gasteiger partial charge on any atom is -0.267 e. The summed E-state index contributed by atoms with van der Waals surface area (Å²) in [5, 5.41) is 12.1. The van der Waals surface area contributed by atoms with Crippen LogP contribution >= 0.6 is 0 Å². The minimum absolute atomic E-state index is 0.0215. The molecular weight excluding hydrogens is 240 g/mol. The van der Waals surface area contributed by atoms with Crippen molar-refractivity contribution in [2.24, 2.45) is 5.16 Å². The van der Waals surface area contributed by atoms with E-state index in [0.29, 0.717) is 0 Å². The van der Waals surface area contributed by atoms with E-state index in [1.54, 1.807) is 0 Å². The molecule has 0 radical (unpaired) electrons. The van der Waals surface area contributed by atoms with Gasteiger partial charge >= 0.3 is 10.1 Å². The summed E-state index contributed by atoms with van der Waals surface area (Å²) in [5.41, 5.74) is 0.888. The molecule has 0 bridgehead atoms. The quantitative estimate of drug-likeness (QED) is 0.587. The number of benzene rings is 1. The van der Waals surface area contributed by atoms with Crippen LogP contribution in [0.15, 0.2) is 35.5 Å². The molecule has 0 amide bonds. The molecule has 1 aromatic carbocycles. The molecule has 0 aromatic heterocycles. The van der Waals surface area contributed by atoms with Crippen molar-refractivity contribution < 1.29 is 12.7 Å². The zero-order chi connectivity index (χ0) is 12.7. The first-order valence-electron chi connectivity index (χ1n) is 4.99. The SMILES string of the molecule is CCS(=O)(=O)ON=C(C#N)Cc1ccccc1. The van der Waals surface area contributed by atoms with E-state index in [0.717, 1.165) is 5.56 Å². The Labute approximate surface area is 100 Å². The van der Waals surface area contributed by atoms with E-state index in [9.17, 15) is 8.42 Å². The van der Waals surface area contributed by atoms with E-state index in [1.807, 2.05) is 36.4 Å². The lowest BCUT2D eigenvalue weighted by Gasteiger charge is -1.99. The molecule has 6 heteroatoms. The molecule has 1 rings (SSSR count). The third-order valence-electron chi connectivity index (χ3n) is 1.96. The maximum absolute atomic E-state index is 11.0. The zero-order valence-corrected chi connectivity index (χ0v) is 10.1. The van der Waals surface area contributed by atoms with Crippen molar-refractivity contribution in [3.8, 4) is 6.07 Å². The molecule has 0 saturated heterocycles. The van der Waals surface area contributed by atoms with Gasteiger partial charge in [-0.25, -0.2) is 0 Å². The lowest BCUT2D eigenvalue weighted by Crippen LogP contribution is -2.08. The average molecular weight is 252 g/mol. The van der Waals surface area contributed by atoms with Crippen molar-refractivity contribution in [2.75, 3.05) is 5.75 Å². The largest absolute Gasteiger partial charge is 0.328 e. The molecule has 17 heavy (non-hydrogen) atoms. The number of hydrogen-bond donors (Lipinski definition) is 0. The van der Waals surface area contributed by atoms with Crippen molar-refractivity contribution in [1.29, 1.82) is 5.26 Å². The second-order valence-electron chi connectivity index (χ2n) is 3.23. The number of oxime groups is 1. The molecule has 0 aliphatic rings. The Morgan fingerprint density at radius 1 is 1.41 bits per heavy atom. The number of nitriles is 1. The summed E-state index contributed by atoms with van der Waals surface area (Å²) in [6.07, 6.45) is 0.247. The third kappa shape index (κ3) is 4.66. The second-order valence-corrected chi connectivity index (χ2v) is 5.07. The van der Waals surface area contributed by atoms with Gasteiger partial charge in [0.2, 0.25) is 0 Å². The first-order valence-corrected chi connectivity index (χ1v) is 6.57. The van der Waals surface area contributed by atoms with Gasteiger partial charge in [-0.05, 0) is 12.5 Å². The Morgan fingerprint density at radius 3 is 2.59 bits per heavy atom. The Hall–Kier alpha value is -1.87. The first-order chi connectivity index (χ1) is 8.07. The molecule has 0 spiro atoms. The van der Waals surface area contributed by atoms with Gasteiger partial charge in [-0.2, -0.15) is 13.7 Å². The van der Waals surface area contributed by atoms with Crippen LogP contribution in [-0.2, 0) is 20.8 Å². The Morgan fingerprint density at radius 2 is 2.06 bits per heavy atom. The summed E-state index contributed by atoms with van der Waals surface area (Å²) in [6, 6.07) is 11.0. The standard InChI is InChI=1S/C11H12N2O3S/c1-2-17(14,15)16-13-11(9-12)8-10-6-4-3-5-7-10/h3-7H,2,8H2,1H3. The molecule has 0 unspecified atom stereocenters. The van der Waals surface area contributed by atoms with Crippen LogP contribution in [0.5, 0.6) is 0 Å². The van der Waals surface area contributed by atoms with Gasteiger partial charge in [-0.3, -0.25) is 4.28 Å². The molecule has 0 aliphatic carbocycles. The summed E-state index contributed by atoms with van der Waals surface area (Å²) in [5.74, 6) is -0.180. The second kappa shape index (κ2) is 6.01. The van der Waals surface area contributed by atoms with Gasteiger partial charge in [0.1, 0.15) is 6.07 Å². The summed E-state index contributed by atoms with van der Waals surface area (Å²) in [6.45, 7) is 1.44. The molecule has 0 N–H and O–H groups in total. The smallest absolute Gasteiger partial charge is 0.267 e. The lowest BCUT2D eigenvalue weighted by atomic mass is 10.1. The first kappa shape index (κ1) is 13.2. The predicted molar refractivity (Wildman–Crippen MR) is 63.7 cm³/mol. The normalized spacial score (nSPS) is 11.9. The maximum Gasteiger partial charge on any atom is 0.328 e. The summed E-state index contributed by atoms with van der Waals surface area (Å²) < 4.78 is 26.4. The highest BCUT2D eigenvalue weighted by molar-refractivity contribution is 7.86. The van der Waals surface area contributed by atoms with Crippen molar-refractivity contribution in [3.05, 3.63) is 35.9 Å². The summed E-state index contributed by atoms with van der Waals surface area (Å²) in [7, 11) is -3.66. The molecule has 0 atom stereocenters. The van der Waals surface area contributed by atoms with Crippen molar-refractivity contribution >= 4 is 15.8 Å². The summed E-state index contributed by atoms with van der Waals surface area (Å²) >= 11 is 0. The van der Waals surface area contributed by atoms with Crippen LogP contribution in [0.4, 0.5) is 0 Å².